The minimum atomic E-state index is 0.179. The molecule has 6 rings (SSSR count). The maximum atomic E-state index is 5.02. The molecule has 170 valence electrons. The number of aryl methyl sites for hydroxylation is 1. The van der Waals surface area contributed by atoms with E-state index in [1.165, 1.54) is 16.8 Å². The maximum absolute atomic E-state index is 5.02. The van der Waals surface area contributed by atoms with E-state index in [-0.39, 0.29) is 12.1 Å². The van der Waals surface area contributed by atoms with E-state index in [1.807, 2.05) is 41.5 Å². The van der Waals surface area contributed by atoms with E-state index >= 15 is 0 Å². The summed E-state index contributed by atoms with van der Waals surface area (Å²) in [6, 6.07) is 23.4. The van der Waals surface area contributed by atoms with Crippen LogP contribution in [-0.4, -0.2) is 29.6 Å². The van der Waals surface area contributed by atoms with Crippen molar-refractivity contribution in [3.05, 3.63) is 108 Å². The molecule has 6 heteroatoms. The average molecular weight is 449 g/mol. The van der Waals surface area contributed by atoms with E-state index in [4.69, 9.17) is 9.97 Å². The van der Waals surface area contributed by atoms with Gasteiger partial charge < -0.3 is 4.98 Å². The Morgan fingerprint density at radius 3 is 2.62 bits per heavy atom. The zero-order chi connectivity index (χ0) is 22.9. The number of fused-ring (bicyclic) bond motifs is 1. The first-order chi connectivity index (χ1) is 16.8. The minimum Gasteiger partial charge on any atom is -0.341 e. The number of piperidine rings is 1. The minimum absolute atomic E-state index is 0.179. The predicted octanol–water partition coefficient (Wildman–Crippen LogP) is 5.92. The Hall–Kier alpha value is -3.77. The largest absolute Gasteiger partial charge is 0.341 e. The van der Waals surface area contributed by atoms with Crippen LogP contribution in [0.3, 0.4) is 0 Å². The van der Waals surface area contributed by atoms with Crippen LogP contribution in [0.2, 0.25) is 0 Å². The second kappa shape index (κ2) is 8.88. The fourth-order valence-electron chi connectivity index (χ4n) is 5.31. The van der Waals surface area contributed by atoms with Crippen LogP contribution < -0.4 is 0 Å². The van der Waals surface area contributed by atoms with E-state index in [2.05, 4.69) is 70.4 Å². The number of H-pyrrole nitrogens is 1. The van der Waals surface area contributed by atoms with Gasteiger partial charge in [0.05, 0.1) is 34.5 Å². The smallest absolute Gasteiger partial charge is 0.124 e. The summed E-state index contributed by atoms with van der Waals surface area (Å²) < 4.78 is 1.95. The number of hydrogen-bond acceptors (Lipinski definition) is 4. The van der Waals surface area contributed by atoms with Crippen molar-refractivity contribution in [2.75, 3.05) is 0 Å². The summed E-state index contributed by atoms with van der Waals surface area (Å²) in [7, 11) is 0. The molecule has 1 N–H and O–H groups in total. The highest BCUT2D eigenvalue weighted by molar-refractivity contribution is 5.74. The molecule has 1 fully saturated rings. The van der Waals surface area contributed by atoms with Crippen LogP contribution in [0.4, 0.5) is 0 Å². The second-order valence-corrected chi connectivity index (χ2v) is 9.06. The number of nitrogens with zero attached hydrogens (tertiary/aromatic N) is 5. The molecule has 0 radical (unpaired) electrons. The summed E-state index contributed by atoms with van der Waals surface area (Å²) in [5.74, 6) is 1.04. The van der Waals surface area contributed by atoms with Crippen molar-refractivity contribution >= 4 is 11.0 Å². The molecule has 2 atom stereocenters. The molecule has 1 aliphatic rings. The van der Waals surface area contributed by atoms with Gasteiger partial charge in [-0.1, -0.05) is 36.4 Å². The van der Waals surface area contributed by atoms with Gasteiger partial charge >= 0.3 is 0 Å². The third kappa shape index (κ3) is 3.80. The maximum Gasteiger partial charge on any atom is 0.124 e. The molecule has 6 nitrogen and oxygen atoms in total. The van der Waals surface area contributed by atoms with Gasteiger partial charge in [0.2, 0.25) is 0 Å². The number of imidazole rings is 1. The Balaban J connectivity index is 1.45. The SMILES string of the molecule is Cc1cccnc1[C@@H]1CCC[C@H](c2nc3ccccc3[nH]2)N1Cc1ccccc1-n1cccn1. The third-order valence-electron chi connectivity index (χ3n) is 6.94. The van der Waals surface area contributed by atoms with Gasteiger partial charge in [-0.3, -0.25) is 9.88 Å². The molecule has 34 heavy (non-hydrogen) atoms. The highest BCUT2D eigenvalue weighted by Crippen LogP contribution is 2.42. The van der Waals surface area contributed by atoms with E-state index in [9.17, 15) is 0 Å². The number of rotatable bonds is 5. The zero-order valence-corrected chi connectivity index (χ0v) is 19.3. The predicted molar refractivity (Wildman–Crippen MR) is 134 cm³/mol. The Kier molecular flexibility index (Phi) is 5.43. The van der Waals surface area contributed by atoms with Crippen molar-refractivity contribution in [2.24, 2.45) is 0 Å². The third-order valence-corrected chi connectivity index (χ3v) is 6.94. The number of aromatic amines is 1. The fraction of sp³-hybridized carbons (Fsp3) is 0.250. The topological polar surface area (TPSA) is 62.6 Å². The highest BCUT2D eigenvalue weighted by Gasteiger charge is 2.36. The summed E-state index contributed by atoms with van der Waals surface area (Å²) in [6.45, 7) is 2.96. The van der Waals surface area contributed by atoms with Gasteiger partial charge in [-0.2, -0.15) is 5.10 Å². The van der Waals surface area contributed by atoms with Gasteiger partial charge in [0.1, 0.15) is 5.82 Å². The zero-order valence-electron chi connectivity index (χ0n) is 19.3. The summed E-state index contributed by atoms with van der Waals surface area (Å²) >= 11 is 0. The molecule has 0 spiro atoms. The quantitative estimate of drug-likeness (QED) is 0.362. The van der Waals surface area contributed by atoms with Gasteiger partial charge in [-0.15, -0.1) is 0 Å². The second-order valence-electron chi connectivity index (χ2n) is 9.06. The summed E-state index contributed by atoms with van der Waals surface area (Å²) in [6.07, 6.45) is 9.04. The first kappa shape index (κ1) is 20.8. The van der Waals surface area contributed by atoms with E-state index in [0.717, 1.165) is 48.4 Å². The number of pyridine rings is 1. The standard InChI is InChI=1S/C28H28N6/c1-20-9-7-16-29-27(20)25-14-6-15-26(28-31-22-11-3-4-12-23(22)32-28)33(25)19-21-10-2-5-13-24(21)34-18-8-17-30-34/h2-5,7-13,16-18,25-26H,6,14-15,19H2,1H3,(H,31,32)/t25-,26+/m0/s1. The Labute approximate surface area is 199 Å². The monoisotopic (exact) mass is 448 g/mol. The fourth-order valence-corrected chi connectivity index (χ4v) is 5.31. The average Bonchev–Trinajstić information content (AvgIpc) is 3.55. The van der Waals surface area contributed by atoms with Crippen molar-refractivity contribution in [3.63, 3.8) is 0 Å². The molecule has 5 aromatic rings. The van der Waals surface area contributed by atoms with Crippen molar-refractivity contribution in [1.82, 2.24) is 29.6 Å². The summed E-state index contributed by atoms with van der Waals surface area (Å²) in [5, 5.41) is 4.50. The van der Waals surface area contributed by atoms with Gasteiger partial charge in [0.25, 0.3) is 0 Å². The van der Waals surface area contributed by atoms with Gasteiger partial charge in [-0.05, 0) is 67.6 Å². The Morgan fingerprint density at radius 1 is 0.912 bits per heavy atom. The van der Waals surface area contributed by atoms with Gasteiger partial charge in [0.15, 0.2) is 0 Å². The number of para-hydroxylation sites is 3. The lowest BCUT2D eigenvalue weighted by Crippen LogP contribution is -2.37. The molecular formula is C28H28N6. The first-order valence-corrected chi connectivity index (χ1v) is 12.0. The van der Waals surface area contributed by atoms with Crippen LogP contribution in [0.5, 0.6) is 0 Å². The van der Waals surface area contributed by atoms with Gasteiger partial charge in [-0.25, -0.2) is 9.67 Å². The molecule has 3 aromatic heterocycles. The summed E-state index contributed by atoms with van der Waals surface area (Å²) in [5.41, 5.74) is 6.87. The number of aromatic nitrogens is 5. The molecule has 1 saturated heterocycles. The molecular weight excluding hydrogens is 420 g/mol. The van der Waals surface area contributed by atoms with Crippen molar-refractivity contribution in [1.29, 1.82) is 0 Å². The summed E-state index contributed by atoms with van der Waals surface area (Å²) in [4.78, 5) is 16.1. The van der Waals surface area contributed by atoms with Crippen LogP contribution >= 0.6 is 0 Å². The van der Waals surface area contributed by atoms with Crippen molar-refractivity contribution in [2.45, 2.75) is 44.8 Å². The lowest BCUT2D eigenvalue weighted by Gasteiger charge is -2.41. The van der Waals surface area contributed by atoms with Crippen LogP contribution in [0, 0.1) is 6.92 Å². The van der Waals surface area contributed by atoms with E-state index in [1.54, 1.807) is 0 Å². The van der Waals surface area contributed by atoms with Crippen LogP contribution in [0.15, 0.2) is 85.3 Å². The van der Waals surface area contributed by atoms with E-state index < -0.39 is 0 Å². The van der Waals surface area contributed by atoms with Crippen molar-refractivity contribution in [3.8, 4) is 5.69 Å². The molecule has 0 amide bonds. The molecule has 1 aliphatic heterocycles. The lowest BCUT2D eigenvalue weighted by atomic mass is 9.90. The van der Waals surface area contributed by atoms with Crippen molar-refractivity contribution < 1.29 is 0 Å². The van der Waals surface area contributed by atoms with Gasteiger partial charge in [0, 0.05) is 25.1 Å². The van der Waals surface area contributed by atoms with E-state index in [0.29, 0.717) is 0 Å². The van der Waals surface area contributed by atoms with Crippen LogP contribution in [0.1, 0.15) is 54.0 Å². The van der Waals surface area contributed by atoms with Crippen LogP contribution in [0.25, 0.3) is 16.7 Å². The molecule has 4 heterocycles. The highest BCUT2D eigenvalue weighted by atomic mass is 15.3. The molecule has 0 unspecified atom stereocenters. The lowest BCUT2D eigenvalue weighted by molar-refractivity contribution is 0.0662. The number of hydrogen-bond donors (Lipinski definition) is 1. The molecule has 0 saturated carbocycles. The number of benzene rings is 2. The number of nitrogens with one attached hydrogen (secondary N) is 1. The number of likely N-dealkylation sites (tertiary alicyclic amines) is 1. The van der Waals surface area contributed by atoms with Crippen LogP contribution in [-0.2, 0) is 6.54 Å². The molecule has 0 aliphatic carbocycles. The first-order valence-electron chi connectivity index (χ1n) is 12.0. The normalized spacial score (nSPS) is 19.0. The Bertz CT molecular complexity index is 1370. The molecule has 2 aromatic carbocycles. The Morgan fingerprint density at radius 2 is 1.76 bits per heavy atom. The molecule has 0 bridgehead atoms.